The number of anilines is 1. The Morgan fingerprint density at radius 1 is 1.50 bits per heavy atom. The standard InChI is InChI=1S/C13H19NO2/c1-3-16-13-8-11(5-4-10(13)2)14-12-6-7-15-9-12/h4-5,8,12,14H,3,6-7,9H2,1-2H3. The van der Waals surface area contributed by atoms with Crippen LogP contribution in [0.3, 0.4) is 0 Å². The fourth-order valence-corrected chi connectivity index (χ4v) is 1.88. The van der Waals surface area contributed by atoms with Crippen molar-refractivity contribution in [2.24, 2.45) is 0 Å². The van der Waals surface area contributed by atoms with Crippen LogP contribution in [0.1, 0.15) is 18.9 Å². The molecule has 3 nitrogen and oxygen atoms in total. The molecular formula is C13H19NO2. The molecule has 0 radical (unpaired) electrons. The molecule has 1 saturated heterocycles. The zero-order chi connectivity index (χ0) is 11.4. The van der Waals surface area contributed by atoms with Crippen LogP contribution in [0, 0.1) is 6.92 Å². The first kappa shape index (κ1) is 11.3. The number of aryl methyl sites for hydroxylation is 1. The highest BCUT2D eigenvalue weighted by Crippen LogP contribution is 2.24. The topological polar surface area (TPSA) is 30.5 Å². The molecule has 16 heavy (non-hydrogen) atoms. The van der Waals surface area contributed by atoms with E-state index in [1.807, 2.05) is 6.92 Å². The van der Waals surface area contributed by atoms with Crippen LogP contribution in [-0.4, -0.2) is 25.9 Å². The van der Waals surface area contributed by atoms with Crippen molar-refractivity contribution in [1.29, 1.82) is 0 Å². The van der Waals surface area contributed by atoms with Crippen LogP contribution >= 0.6 is 0 Å². The van der Waals surface area contributed by atoms with Crippen LogP contribution in [0.25, 0.3) is 0 Å². The Balaban J connectivity index is 2.05. The Morgan fingerprint density at radius 2 is 2.38 bits per heavy atom. The van der Waals surface area contributed by atoms with Gasteiger partial charge in [-0.15, -0.1) is 0 Å². The molecule has 1 aromatic carbocycles. The van der Waals surface area contributed by atoms with Crippen LogP contribution in [0.4, 0.5) is 5.69 Å². The first-order valence-corrected chi connectivity index (χ1v) is 5.87. The van der Waals surface area contributed by atoms with Gasteiger partial charge in [0.25, 0.3) is 0 Å². The fraction of sp³-hybridized carbons (Fsp3) is 0.538. The molecule has 1 fully saturated rings. The smallest absolute Gasteiger partial charge is 0.124 e. The van der Waals surface area contributed by atoms with Gasteiger partial charge in [-0.1, -0.05) is 6.07 Å². The molecule has 88 valence electrons. The number of rotatable bonds is 4. The fourth-order valence-electron chi connectivity index (χ4n) is 1.88. The van der Waals surface area contributed by atoms with Gasteiger partial charge < -0.3 is 14.8 Å². The number of hydrogen-bond acceptors (Lipinski definition) is 3. The lowest BCUT2D eigenvalue weighted by molar-refractivity contribution is 0.195. The second-order valence-electron chi connectivity index (χ2n) is 4.12. The summed E-state index contributed by atoms with van der Waals surface area (Å²) >= 11 is 0. The van der Waals surface area contributed by atoms with Gasteiger partial charge >= 0.3 is 0 Å². The second-order valence-corrected chi connectivity index (χ2v) is 4.12. The van der Waals surface area contributed by atoms with Crippen molar-refractivity contribution < 1.29 is 9.47 Å². The van der Waals surface area contributed by atoms with Gasteiger partial charge in [0.15, 0.2) is 0 Å². The van der Waals surface area contributed by atoms with Gasteiger partial charge in [-0.3, -0.25) is 0 Å². The summed E-state index contributed by atoms with van der Waals surface area (Å²) in [4.78, 5) is 0. The molecule has 0 aliphatic carbocycles. The Morgan fingerprint density at radius 3 is 3.06 bits per heavy atom. The lowest BCUT2D eigenvalue weighted by Gasteiger charge is -2.14. The van der Waals surface area contributed by atoms with Crippen molar-refractivity contribution in [2.75, 3.05) is 25.1 Å². The first-order chi connectivity index (χ1) is 7.79. The van der Waals surface area contributed by atoms with Crippen molar-refractivity contribution in [3.05, 3.63) is 23.8 Å². The normalized spacial score (nSPS) is 19.8. The largest absolute Gasteiger partial charge is 0.494 e. The maximum atomic E-state index is 5.57. The second kappa shape index (κ2) is 5.21. The molecule has 0 amide bonds. The van der Waals surface area contributed by atoms with Crippen LogP contribution in [0.2, 0.25) is 0 Å². The van der Waals surface area contributed by atoms with Crippen molar-refractivity contribution in [1.82, 2.24) is 0 Å². The minimum Gasteiger partial charge on any atom is -0.494 e. The van der Waals surface area contributed by atoms with Gasteiger partial charge in [0, 0.05) is 18.4 Å². The summed E-state index contributed by atoms with van der Waals surface area (Å²) in [6.07, 6.45) is 1.08. The maximum absolute atomic E-state index is 5.57. The van der Waals surface area contributed by atoms with Crippen molar-refractivity contribution in [3.8, 4) is 5.75 Å². The molecule has 0 saturated carbocycles. The summed E-state index contributed by atoms with van der Waals surface area (Å²) in [5.41, 5.74) is 2.29. The van der Waals surface area contributed by atoms with Gasteiger partial charge in [0.2, 0.25) is 0 Å². The van der Waals surface area contributed by atoms with E-state index < -0.39 is 0 Å². The molecule has 1 aliphatic heterocycles. The Bertz CT molecular complexity index is 346. The Hall–Kier alpha value is -1.22. The Kier molecular flexibility index (Phi) is 3.67. The minimum absolute atomic E-state index is 0.442. The minimum atomic E-state index is 0.442. The number of hydrogen-bond donors (Lipinski definition) is 1. The summed E-state index contributed by atoms with van der Waals surface area (Å²) < 4.78 is 10.9. The molecule has 0 aromatic heterocycles. The van der Waals surface area contributed by atoms with E-state index in [2.05, 4.69) is 30.4 Å². The SMILES string of the molecule is CCOc1cc(NC2CCOC2)ccc1C. The summed E-state index contributed by atoms with van der Waals surface area (Å²) in [6, 6.07) is 6.69. The van der Waals surface area contributed by atoms with Crippen LogP contribution in [0.15, 0.2) is 18.2 Å². The summed E-state index contributed by atoms with van der Waals surface area (Å²) in [5, 5.41) is 3.46. The van der Waals surface area contributed by atoms with Crippen molar-refractivity contribution in [2.45, 2.75) is 26.3 Å². The lowest BCUT2D eigenvalue weighted by atomic mass is 10.2. The predicted octanol–water partition coefficient (Wildman–Crippen LogP) is 2.59. The maximum Gasteiger partial charge on any atom is 0.124 e. The van der Waals surface area contributed by atoms with E-state index in [1.54, 1.807) is 0 Å². The molecular weight excluding hydrogens is 202 g/mol. The molecule has 1 atom stereocenters. The molecule has 0 spiro atoms. The van der Waals surface area contributed by atoms with Crippen LogP contribution in [0.5, 0.6) is 5.75 Å². The van der Waals surface area contributed by atoms with Crippen LogP contribution < -0.4 is 10.1 Å². The monoisotopic (exact) mass is 221 g/mol. The van der Waals surface area contributed by atoms with Crippen molar-refractivity contribution in [3.63, 3.8) is 0 Å². The quantitative estimate of drug-likeness (QED) is 0.847. The van der Waals surface area contributed by atoms with E-state index in [0.29, 0.717) is 12.6 Å². The predicted molar refractivity (Wildman–Crippen MR) is 65.2 cm³/mol. The number of ether oxygens (including phenoxy) is 2. The van der Waals surface area contributed by atoms with E-state index in [-0.39, 0.29) is 0 Å². The molecule has 0 bridgehead atoms. The molecule has 1 aromatic rings. The van der Waals surface area contributed by atoms with Crippen molar-refractivity contribution >= 4 is 5.69 Å². The third-order valence-corrected chi connectivity index (χ3v) is 2.79. The van der Waals surface area contributed by atoms with Gasteiger partial charge in [-0.05, 0) is 31.9 Å². The highest BCUT2D eigenvalue weighted by Gasteiger charge is 2.15. The summed E-state index contributed by atoms with van der Waals surface area (Å²) in [6.45, 7) is 6.44. The molecule has 3 heteroatoms. The molecule has 1 heterocycles. The van der Waals surface area contributed by atoms with E-state index in [0.717, 1.165) is 31.1 Å². The van der Waals surface area contributed by atoms with E-state index in [4.69, 9.17) is 9.47 Å². The summed E-state index contributed by atoms with van der Waals surface area (Å²) in [7, 11) is 0. The summed E-state index contributed by atoms with van der Waals surface area (Å²) in [5.74, 6) is 0.964. The lowest BCUT2D eigenvalue weighted by Crippen LogP contribution is -2.18. The molecule has 1 aliphatic rings. The Labute approximate surface area is 96.8 Å². The van der Waals surface area contributed by atoms with Crippen LogP contribution in [-0.2, 0) is 4.74 Å². The first-order valence-electron chi connectivity index (χ1n) is 5.87. The average Bonchev–Trinajstić information content (AvgIpc) is 2.76. The average molecular weight is 221 g/mol. The van der Waals surface area contributed by atoms with E-state index in [1.165, 1.54) is 5.56 Å². The van der Waals surface area contributed by atoms with Gasteiger partial charge in [0.05, 0.1) is 19.3 Å². The molecule has 1 unspecified atom stereocenters. The van der Waals surface area contributed by atoms with Gasteiger partial charge in [0.1, 0.15) is 5.75 Å². The highest BCUT2D eigenvalue weighted by atomic mass is 16.5. The third kappa shape index (κ3) is 2.67. The molecule has 1 N–H and O–H groups in total. The third-order valence-electron chi connectivity index (χ3n) is 2.79. The molecule has 2 rings (SSSR count). The van der Waals surface area contributed by atoms with E-state index in [9.17, 15) is 0 Å². The number of benzene rings is 1. The van der Waals surface area contributed by atoms with Gasteiger partial charge in [-0.2, -0.15) is 0 Å². The number of nitrogens with one attached hydrogen (secondary N) is 1. The highest BCUT2D eigenvalue weighted by molar-refractivity contribution is 5.52. The van der Waals surface area contributed by atoms with Gasteiger partial charge in [-0.25, -0.2) is 0 Å². The zero-order valence-corrected chi connectivity index (χ0v) is 9.95. The van der Waals surface area contributed by atoms with E-state index >= 15 is 0 Å². The zero-order valence-electron chi connectivity index (χ0n) is 9.95.